The summed E-state index contributed by atoms with van der Waals surface area (Å²) in [5.74, 6) is -0.507. The third-order valence-corrected chi connectivity index (χ3v) is 3.77. The lowest BCUT2D eigenvalue weighted by Gasteiger charge is -2.23. The predicted octanol–water partition coefficient (Wildman–Crippen LogP) is 2.12. The van der Waals surface area contributed by atoms with Gasteiger partial charge in [-0.05, 0) is 19.1 Å². The molecule has 0 spiro atoms. The average molecular weight is 365 g/mol. The lowest BCUT2D eigenvalue weighted by atomic mass is 9.90. The first-order valence-electron chi connectivity index (χ1n) is 5.06. The van der Waals surface area contributed by atoms with E-state index in [0.717, 1.165) is 4.47 Å². The molecule has 1 amide bonds. The number of fused-ring (bicyclic) bond motifs is 1. The number of hydrogen-bond donors (Lipinski definition) is 3. The van der Waals surface area contributed by atoms with Crippen molar-refractivity contribution in [3.05, 3.63) is 26.6 Å². The Bertz CT molecular complexity index is 490. The third kappa shape index (κ3) is 2.14. The maximum atomic E-state index is 11.8. The Morgan fingerprint density at radius 3 is 2.71 bits per heavy atom. The van der Waals surface area contributed by atoms with Crippen molar-refractivity contribution in [2.45, 2.75) is 25.0 Å². The SMILES string of the molecule is CC(O)C[C@]1(O)C(=O)Nc2cc(Br)cc(Br)c21. The van der Waals surface area contributed by atoms with Crippen LogP contribution >= 0.6 is 31.9 Å². The van der Waals surface area contributed by atoms with Gasteiger partial charge in [0.15, 0.2) is 5.60 Å². The Labute approximate surface area is 115 Å². The number of amides is 1. The minimum atomic E-state index is -1.68. The van der Waals surface area contributed by atoms with Gasteiger partial charge in [-0.2, -0.15) is 0 Å². The second-order valence-corrected chi connectivity index (χ2v) is 5.95. The fraction of sp³-hybridized carbons (Fsp3) is 0.364. The van der Waals surface area contributed by atoms with Crippen LogP contribution in [-0.4, -0.2) is 22.2 Å². The highest BCUT2D eigenvalue weighted by molar-refractivity contribution is 9.11. The molecule has 0 aliphatic carbocycles. The van der Waals surface area contributed by atoms with Crippen molar-refractivity contribution in [1.82, 2.24) is 0 Å². The number of aliphatic hydroxyl groups is 2. The largest absolute Gasteiger partial charge is 0.393 e. The quantitative estimate of drug-likeness (QED) is 0.752. The summed E-state index contributed by atoms with van der Waals surface area (Å²) in [5, 5.41) is 22.5. The number of nitrogens with one attached hydrogen (secondary N) is 1. The topological polar surface area (TPSA) is 69.6 Å². The second kappa shape index (κ2) is 4.35. The first-order valence-corrected chi connectivity index (χ1v) is 6.64. The molecule has 1 heterocycles. The van der Waals surface area contributed by atoms with E-state index in [1.165, 1.54) is 6.92 Å². The number of carbonyl (C=O) groups is 1. The van der Waals surface area contributed by atoms with Crippen LogP contribution in [0.25, 0.3) is 0 Å². The summed E-state index contributed by atoms with van der Waals surface area (Å²) in [6.45, 7) is 1.54. The van der Waals surface area contributed by atoms with Crippen molar-refractivity contribution in [2.75, 3.05) is 5.32 Å². The van der Waals surface area contributed by atoms with E-state index in [9.17, 15) is 15.0 Å². The molecule has 3 N–H and O–H groups in total. The molecule has 1 aromatic carbocycles. The maximum absolute atomic E-state index is 11.8. The summed E-state index contributed by atoms with van der Waals surface area (Å²) in [6, 6.07) is 3.48. The predicted molar refractivity (Wildman–Crippen MR) is 70.7 cm³/mol. The number of rotatable bonds is 2. The van der Waals surface area contributed by atoms with Gasteiger partial charge in [-0.3, -0.25) is 4.79 Å². The van der Waals surface area contributed by atoms with Gasteiger partial charge in [-0.1, -0.05) is 31.9 Å². The highest BCUT2D eigenvalue weighted by atomic mass is 79.9. The van der Waals surface area contributed by atoms with Gasteiger partial charge >= 0.3 is 0 Å². The lowest BCUT2D eigenvalue weighted by Crippen LogP contribution is -2.37. The maximum Gasteiger partial charge on any atom is 0.261 e. The van der Waals surface area contributed by atoms with Crippen molar-refractivity contribution < 1.29 is 15.0 Å². The van der Waals surface area contributed by atoms with E-state index in [-0.39, 0.29) is 6.42 Å². The molecule has 0 aromatic heterocycles. The van der Waals surface area contributed by atoms with Crippen molar-refractivity contribution in [3.63, 3.8) is 0 Å². The summed E-state index contributed by atoms with van der Waals surface area (Å²) in [5.41, 5.74) is -0.644. The fourth-order valence-corrected chi connectivity index (χ4v) is 3.61. The lowest BCUT2D eigenvalue weighted by molar-refractivity contribution is -0.136. The van der Waals surface area contributed by atoms with Crippen LogP contribution in [0.1, 0.15) is 18.9 Å². The third-order valence-electron chi connectivity index (χ3n) is 2.68. The standard InChI is InChI=1S/C11H11Br2NO3/c1-5(15)4-11(17)9-7(13)2-6(12)3-8(9)14-10(11)16/h2-3,5,15,17H,4H2,1H3,(H,14,16)/t5?,11-/m1/s1. The molecule has 1 aliphatic rings. The zero-order chi connectivity index (χ0) is 12.8. The molecule has 1 unspecified atom stereocenters. The van der Waals surface area contributed by atoms with Gasteiger partial charge in [-0.25, -0.2) is 0 Å². The summed E-state index contributed by atoms with van der Waals surface area (Å²) in [4.78, 5) is 11.8. The fourth-order valence-electron chi connectivity index (χ4n) is 2.05. The molecule has 0 fully saturated rings. The molecule has 92 valence electrons. The van der Waals surface area contributed by atoms with Gasteiger partial charge in [0, 0.05) is 26.6 Å². The van der Waals surface area contributed by atoms with Crippen LogP contribution in [0.15, 0.2) is 21.1 Å². The highest BCUT2D eigenvalue weighted by Crippen LogP contribution is 2.44. The van der Waals surface area contributed by atoms with Crippen LogP contribution < -0.4 is 5.32 Å². The molecule has 6 heteroatoms. The van der Waals surface area contributed by atoms with Crippen LogP contribution in [0.3, 0.4) is 0 Å². The van der Waals surface area contributed by atoms with E-state index in [0.29, 0.717) is 15.7 Å². The number of hydrogen-bond acceptors (Lipinski definition) is 3. The van der Waals surface area contributed by atoms with Gasteiger partial charge in [0.25, 0.3) is 5.91 Å². The molecular formula is C11H11Br2NO3. The van der Waals surface area contributed by atoms with E-state index < -0.39 is 17.6 Å². The normalized spacial score (nSPS) is 24.4. The molecule has 2 rings (SSSR count). The summed E-state index contributed by atoms with van der Waals surface area (Å²) < 4.78 is 1.42. The summed E-state index contributed by atoms with van der Waals surface area (Å²) in [6.07, 6.45) is -0.807. The van der Waals surface area contributed by atoms with E-state index >= 15 is 0 Å². The van der Waals surface area contributed by atoms with Crippen LogP contribution in [0.5, 0.6) is 0 Å². The summed E-state index contributed by atoms with van der Waals surface area (Å²) >= 11 is 6.64. The zero-order valence-corrected chi connectivity index (χ0v) is 12.2. The Morgan fingerprint density at radius 1 is 1.47 bits per heavy atom. The van der Waals surface area contributed by atoms with Gasteiger partial charge in [0.05, 0.1) is 6.10 Å². The first kappa shape index (κ1) is 13.0. The smallest absolute Gasteiger partial charge is 0.261 e. The van der Waals surface area contributed by atoms with Gasteiger partial charge in [0.2, 0.25) is 0 Å². The molecule has 0 saturated heterocycles. The molecule has 0 saturated carbocycles. The molecule has 0 bridgehead atoms. The van der Waals surface area contributed by atoms with E-state index in [2.05, 4.69) is 37.2 Å². The molecule has 0 radical (unpaired) electrons. The van der Waals surface area contributed by atoms with E-state index in [1.54, 1.807) is 12.1 Å². The van der Waals surface area contributed by atoms with Crippen molar-refractivity contribution in [2.24, 2.45) is 0 Å². The highest BCUT2D eigenvalue weighted by Gasteiger charge is 2.47. The number of benzene rings is 1. The molecule has 2 atom stereocenters. The van der Waals surface area contributed by atoms with Crippen LogP contribution in [0.2, 0.25) is 0 Å². The van der Waals surface area contributed by atoms with Gasteiger partial charge in [0.1, 0.15) is 0 Å². The number of carbonyl (C=O) groups excluding carboxylic acids is 1. The average Bonchev–Trinajstić information content (AvgIpc) is 2.36. The Morgan fingerprint density at radius 2 is 2.12 bits per heavy atom. The second-order valence-electron chi connectivity index (χ2n) is 4.18. The number of aliphatic hydroxyl groups excluding tert-OH is 1. The molecule has 1 aliphatic heterocycles. The molecule has 1 aromatic rings. The van der Waals surface area contributed by atoms with E-state index in [1.807, 2.05) is 0 Å². The van der Waals surface area contributed by atoms with E-state index in [4.69, 9.17) is 0 Å². The van der Waals surface area contributed by atoms with Crippen LogP contribution in [-0.2, 0) is 10.4 Å². The van der Waals surface area contributed by atoms with Crippen LogP contribution in [0, 0.1) is 0 Å². The monoisotopic (exact) mass is 363 g/mol. The van der Waals surface area contributed by atoms with Crippen molar-refractivity contribution >= 4 is 43.5 Å². The number of anilines is 1. The molecule has 17 heavy (non-hydrogen) atoms. The summed E-state index contributed by atoms with van der Waals surface area (Å²) in [7, 11) is 0. The van der Waals surface area contributed by atoms with Crippen LogP contribution in [0.4, 0.5) is 5.69 Å². The zero-order valence-electron chi connectivity index (χ0n) is 9.00. The Hall–Kier alpha value is -0.430. The molecule has 4 nitrogen and oxygen atoms in total. The Balaban J connectivity index is 2.57. The van der Waals surface area contributed by atoms with Crippen molar-refractivity contribution in [1.29, 1.82) is 0 Å². The minimum absolute atomic E-state index is 0.0356. The van der Waals surface area contributed by atoms with Gasteiger partial charge in [-0.15, -0.1) is 0 Å². The van der Waals surface area contributed by atoms with Gasteiger partial charge < -0.3 is 15.5 Å². The van der Waals surface area contributed by atoms with Crippen molar-refractivity contribution in [3.8, 4) is 0 Å². The minimum Gasteiger partial charge on any atom is -0.393 e. The Kier molecular flexibility index (Phi) is 3.33. The molecular weight excluding hydrogens is 354 g/mol. The first-order chi connectivity index (χ1) is 7.84. The number of halogens is 2.